The average Bonchev–Trinajstić information content (AvgIpc) is 3.12. The number of imidazole rings is 1. The minimum absolute atomic E-state index is 0.0899. The lowest BCUT2D eigenvalue weighted by Crippen LogP contribution is -2.33. The summed E-state index contributed by atoms with van der Waals surface area (Å²) in [5, 5.41) is 0. The van der Waals surface area contributed by atoms with Crippen molar-refractivity contribution in [3.63, 3.8) is 0 Å². The van der Waals surface area contributed by atoms with Crippen molar-refractivity contribution in [2.45, 2.75) is 18.0 Å². The Bertz CT molecular complexity index is 1450. The number of halogens is 4. The molecule has 1 amide bonds. The van der Waals surface area contributed by atoms with E-state index in [-0.39, 0.29) is 22.7 Å². The van der Waals surface area contributed by atoms with Gasteiger partial charge in [0.15, 0.2) is 0 Å². The van der Waals surface area contributed by atoms with E-state index in [1.165, 1.54) is 36.8 Å². The first-order valence-corrected chi connectivity index (χ1v) is 10.4. The first-order chi connectivity index (χ1) is 15.7. The van der Waals surface area contributed by atoms with Crippen molar-refractivity contribution in [3.8, 4) is 0 Å². The minimum atomic E-state index is -4.40. The Morgan fingerprint density at radius 3 is 2.64 bits per heavy atom. The normalized spacial score (nSPS) is 22.2. The highest BCUT2D eigenvalue weighted by Crippen LogP contribution is 2.59. The fourth-order valence-electron chi connectivity index (χ4n) is 5.11. The number of nitrogens with zero attached hydrogens (tertiary/aromatic N) is 4. The van der Waals surface area contributed by atoms with Gasteiger partial charge in [0.25, 0.3) is 5.91 Å². The van der Waals surface area contributed by atoms with Crippen LogP contribution >= 0.6 is 0 Å². The molecule has 4 aromatic rings. The summed E-state index contributed by atoms with van der Waals surface area (Å²) in [6.45, 7) is 0.762. The molecule has 0 bridgehead atoms. The third-order valence-corrected chi connectivity index (χ3v) is 6.92. The summed E-state index contributed by atoms with van der Waals surface area (Å²) in [7, 11) is 0. The number of hydrogen-bond acceptors (Lipinski definition) is 4. The monoisotopic (exact) mass is 455 g/mol. The molecule has 168 valence electrons. The molecular weight excluding hydrogens is 438 g/mol. The van der Waals surface area contributed by atoms with E-state index < -0.39 is 23.5 Å². The first-order valence-electron chi connectivity index (χ1n) is 10.4. The second kappa shape index (κ2) is 6.43. The Kier molecular flexibility index (Phi) is 3.89. The maximum atomic E-state index is 14.9. The van der Waals surface area contributed by atoms with E-state index in [1.54, 1.807) is 9.30 Å². The Balaban J connectivity index is 1.32. The Hall–Kier alpha value is -3.69. The second-order valence-corrected chi connectivity index (χ2v) is 8.78. The highest BCUT2D eigenvalue weighted by Gasteiger charge is 2.61. The summed E-state index contributed by atoms with van der Waals surface area (Å²) in [5.41, 5.74) is 6.87. The summed E-state index contributed by atoms with van der Waals surface area (Å²) in [5.74, 6) is -0.818. The van der Waals surface area contributed by atoms with E-state index in [1.807, 2.05) is 0 Å². The predicted molar refractivity (Wildman–Crippen MR) is 112 cm³/mol. The number of carbonyl (C=O) groups is 1. The predicted octanol–water partition coefficient (Wildman–Crippen LogP) is 4.04. The van der Waals surface area contributed by atoms with Crippen molar-refractivity contribution in [2.24, 2.45) is 5.92 Å². The van der Waals surface area contributed by atoms with Gasteiger partial charge in [-0.3, -0.25) is 9.20 Å². The van der Waals surface area contributed by atoms with Crippen LogP contribution in [-0.2, 0) is 11.6 Å². The van der Waals surface area contributed by atoms with Gasteiger partial charge in [-0.2, -0.15) is 13.2 Å². The van der Waals surface area contributed by atoms with Gasteiger partial charge < -0.3 is 10.6 Å². The zero-order valence-electron chi connectivity index (χ0n) is 17.1. The Morgan fingerprint density at radius 2 is 1.91 bits per heavy atom. The first kappa shape index (κ1) is 20.0. The quantitative estimate of drug-likeness (QED) is 0.463. The highest BCUT2D eigenvalue weighted by molar-refractivity contribution is 5.99. The minimum Gasteiger partial charge on any atom is -0.382 e. The molecule has 0 radical (unpaired) electrons. The number of rotatable bonds is 2. The van der Waals surface area contributed by atoms with E-state index in [9.17, 15) is 22.4 Å². The topological polar surface area (TPSA) is 76.5 Å². The van der Waals surface area contributed by atoms with Gasteiger partial charge >= 0.3 is 6.18 Å². The number of nitrogen functional groups attached to an aromatic ring is 1. The molecule has 2 aliphatic rings. The highest BCUT2D eigenvalue weighted by atomic mass is 19.4. The molecule has 33 heavy (non-hydrogen) atoms. The summed E-state index contributed by atoms with van der Waals surface area (Å²) in [6, 6.07) is 7.74. The molecule has 0 spiro atoms. The van der Waals surface area contributed by atoms with Crippen molar-refractivity contribution in [2.75, 3.05) is 18.8 Å². The number of likely N-dealkylation sites (tertiary alicyclic amines) is 1. The van der Waals surface area contributed by atoms with E-state index in [2.05, 4.69) is 9.97 Å². The van der Waals surface area contributed by atoms with E-state index in [0.29, 0.717) is 29.6 Å². The standard InChI is InChI=1S/C23H17F4N5O/c24-16-6-17-18(32-11-29-8-19(32)20(28)30-17)5-15(16)21(33)31-9-14-7-22(14,10-31)12-1-3-13(4-2-12)23(25,26)27/h1-6,8,11,14H,7,9-10H2,(H2,28,30). The summed E-state index contributed by atoms with van der Waals surface area (Å²) < 4.78 is 55.3. The molecule has 10 heteroatoms. The molecule has 2 unspecified atom stereocenters. The lowest BCUT2D eigenvalue weighted by Gasteiger charge is -2.22. The van der Waals surface area contributed by atoms with Crippen molar-refractivity contribution >= 4 is 28.3 Å². The van der Waals surface area contributed by atoms with Crippen LogP contribution in [0.1, 0.15) is 27.9 Å². The van der Waals surface area contributed by atoms with Gasteiger partial charge in [0, 0.05) is 24.6 Å². The Morgan fingerprint density at radius 1 is 1.15 bits per heavy atom. The molecule has 1 aliphatic carbocycles. The van der Waals surface area contributed by atoms with E-state index in [4.69, 9.17) is 5.73 Å². The van der Waals surface area contributed by atoms with Gasteiger partial charge in [-0.25, -0.2) is 14.4 Å². The smallest absolute Gasteiger partial charge is 0.382 e. The van der Waals surface area contributed by atoms with Gasteiger partial charge in [-0.1, -0.05) is 12.1 Å². The summed E-state index contributed by atoms with van der Waals surface area (Å²) in [6.07, 6.45) is -0.549. The van der Waals surface area contributed by atoms with Gasteiger partial charge in [-0.05, 0) is 36.1 Å². The SMILES string of the molecule is Nc1nc2cc(F)c(C(=O)N3CC4CC4(c4ccc(C(F)(F)F)cc4)C3)cc2n2cncc12. The lowest BCUT2D eigenvalue weighted by molar-refractivity contribution is -0.137. The molecule has 1 saturated carbocycles. The zero-order valence-corrected chi connectivity index (χ0v) is 17.1. The number of nitrogens with two attached hydrogens (primary N) is 1. The molecule has 6 rings (SSSR count). The summed E-state index contributed by atoms with van der Waals surface area (Å²) >= 11 is 0. The third kappa shape index (κ3) is 2.89. The molecule has 1 saturated heterocycles. The Labute approximate surface area is 184 Å². The molecule has 3 heterocycles. The van der Waals surface area contributed by atoms with E-state index in [0.717, 1.165) is 24.1 Å². The number of amides is 1. The molecule has 2 aromatic carbocycles. The van der Waals surface area contributed by atoms with Gasteiger partial charge in [0.1, 0.15) is 17.2 Å². The van der Waals surface area contributed by atoms with Crippen LogP contribution in [0.15, 0.2) is 48.9 Å². The molecular formula is C23H17F4N5O. The maximum absolute atomic E-state index is 14.9. The van der Waals surface area contributed by atoms with Crippen LogP contribution in [0.5, 0.6) is 0 Å². The van der Waals surface area contributed by atoms with Gasteiger partial charge in [0.05, 0.1) is 34.7 Å². The number of carbonyl (C=O) groups excluding carboxylic acids is 1. The number of aromatic nitrogens is 3. The fourth-order valence-corrected chi connectivity index (χ4v) is 5.11. The fraction of sp³-hybridized carbons (Fsp3) is 0.261. The molecule has 2 N–H and O–H groups in total. The largest absolute Gasteiger partial charge is 0.416 e. The van der Waals surface area contributed by atoms with Crippen molar-refractivity contribution in [1.29, 1.82) is 0 Å². The molecule has 2 aromatic heterocycles. The number of hydrogen-bond donors (Lipinski definition) is 1. The number of fused-ring (bicyclic) bond motifs is 4. The van der Waals surface area contributed by atoms with Crippen molar-refractivity contribution in [1.82, 2.24) is 19.3 Å². The second-order valence-electron chi connectivity index (χ2n) is 8.78. The maximum Gasteiger partial charge on any atom is 0.416 e. The molecule has 2 fully saturated rings. The summed E-state index contributed by atoms with van der Waals surface area (Å²) in [4.78, 5) is 23.1. The van der Waals surface area contributed by atoms with E-state index >= 15 is 0 Å². The van der Waals surface area contributed by atoms with Crippen LogP contribution in [0.25, 0.3) is 16.6 Å². The van der Waals surface area contributed by atoms with Crippen molar-refractivity contribution < 1.29 is 22.4 Å². The number of alkyl halides is 3. The van der Waals surface area contributed by atoms with Gasteiger partial charge in [-0.15, -0.1) is 0 Å². The average molecular weight is 455 g/mol. The third-order valence-electron chi connectivity index (χ3n) is 6.92. The van der Waals surface area contributed by atoms with Crippen LogP contribution in [0, 0.1) is 11.7 Å². The molecule has 2 atom stereocenters. The lowest BCUT2D eigenvalue weighted by atomic mass is 9.94. The van der Waals surface area contributed by atoms with Crippen LogP contribution < -0.4 is 5.73 Å². The number of anilines is 1. The number of benzene rings is 2. The molecule has 6 nitrogen and oxygen atoms in total. The molecule has 1 aliphatic heterocycles. The van der Waals surface area contributed by atoms with Crippen molar-refractivity contribution in [3.05, 3.63) is 71.4 Å². The van der Waals surface area contributed by atoms with Crippen LogP contribution in [-0.4, -0.2) is 38.3 Å². The van der Waals surface area contributed by atoms with Gasteiger partial charge in [0.2, 0.25) is 0 Å². The number of piperidine rings is 1. The van der Waals surface area contributed by atoms with Crippen LogP contribution in [0.4, 0.5) is 23.4 Å². The van der Waals surface area contributed by atoms with Crippen LogP contribution in [0.2, 0.25) is 0 Å². The zero-order chi connectivity index (χ0) is 23.1. The van der Waals surface area contributed by atoms with Crippen LogP contribution in [0.3, 0.4) is 0 Å².